The molecule has 0 radical (unpaired) electrons. The lowest BCUT2D eigenvalue weighted by Crippen LogP contribution is -2.29. The molecule has 0 spiro atoms. The molecule has 0 saturated heterocycles. The van der Waals surface area contributed by atoms with Crippen molar-refractivity contribution in [2.45, 2.75) is 32.1 Å². The highest BCUT2D eigenvalue weighted by atomic mass is 16.2. The van der Waals surface area contributed by atoms with Crippen LogP contribution in [-0.4, -0.2) is 30.7 Å². The number of unbranched alkanes of at least 4 members (excludes halogenated alkanes) is 2. The first-order valence-corrected chi connectivity index (χ1v) is 6.39. The van der Waals surface area contributed by atoms with Crippen molar-refractivity contribution in [1.82, 2.24) is 4.90 Å². The molecule has 98 valence electrons. The lowest BCUT2D eigenvalue weighted by atomic mass is 10.1. The number of hydrogen-bond acceptors (Lipinski definition) is 2. The first kappa shape index (κ1) is 14.4. The molecule has 18 heavy (non-hydrogen) atoms. The maximum Gasteiger partial charge on any atom is 0.289 e. The molecule has 0 saturated carbocycles. The van der Waals surface area contributed by atoms with Crippen molar-refractivity contribution in [3.63, 3.8) is 0 Å². The van der Waals surface area contributed by atoms with Gasteiger partial charge in [-0.3, -0.25) is 9.59 Å². The molecule has 0 aliphatic carbocycles. The molecule has 1 aromatic carbocycles. The van der Waals surface area contributed by atoms with Gasteiger partial charge in [-0.15, -0.1) is 0 Å². The van der Waals surface area contributed by atoms with Gasteiger partial charge in [0.2, 0.25) is 5.78 Å². The molecule has 0 fully saturated rings. The topological polar surface area (TPSA) is 37.4 Å². The van der Waals surface area contributed by atoms with Crippen molar-refractivity contribution < 1.29 is 9.59 Å². The van der Waals surface area contributed by atoms with E-state index in [2.05, 4.69) is 12.1 Å². The number of ketones is 1. The van der Waals surface area contributed by atoms with E-state index in [9.17, 15) is 9.59 Å². The van der Waals surface area contributed by atoms with E-state index in [1.54, 1.807) is 14.1 Å². The van der Waals surface area contributed by atoms with Crippen molar-refractivity contribution in [2.24, 2.45) is 0 Å². The summed E-state index contributed by atoms with van der Waals surface area (Å²) in [5.41, 5.74) is 1.33. The predicted octanol–water partition coefficient (Wildman–Crippen LogP) is 2.45. The molecule has 1 aromatic rings. The Labute approximate surface area is 109 Å². The predicted molar refractivity (Wildman–Crippen MR) is 72.3 cm³/mol. The zero-order valence-corrected chi connectivity index (χ0v) is 11.2. The molecule has 0 aliphatic heterocycles. The summed E-state index contributed by atoms with van der Waals surface area (Å²) in [5.74, 6) is -0.669. The van der Waals surface area contributed by atoms with Crippen LogP contribution in [0.5, 0.6) is 0 Å². The van der Waals surface area contributed by atoms with E-state index in [4.69, 9.17) is 0 Å². The standard InChI is InChI=1S/C15H21NO2/c1-16(2)15(18)14(17)12-8-4-7-11-13-9-5-3-6-10-13/h3,5-6,9-10H,4,7-8,11-12H2,1-2H3. The van der Waals surface area contributed by atoms with Gasteiger partial charge in [0.15, 0.2) is 0 Å². The highest BCUT2D eigenvalue weighted by Gasteiger charge is 2.14. The van der Waals surface area contributed by atoms with Gasteiger partial charge in [0.25, 0.3) is 5.91 Å². The lowest BCUT2D eigenvalue weighted by molar-refractivity contribution is -0.143. The minimum absolute atomic E-state index is 0.278. The van der Waals surface area contributed by atoms with E-state index in [1.165, 1.54) is 10.5 Å². The van der Waals surface area contributed by atoms with E-state index in [0.717, 1.165) is 25.7 Å². The molecule has 1 amide bonds. The number of carbonyl (C=O) groups excluding carboxylic acids is 2. The number of nitrogens with zero attached hydrogens (tertiary/aromatic N) is 1. The summed E-state index contributed by atoms with van der Waals surface area (Å²) in [6, 6.07) is 10.3. The Morgan fingerprint density at radius 3 is 2.28 bits per heavy atom. The first-order valence-electron chi connectivity index (χ1n) is 6.39. The van der Waals surface area contributed by atoms with Crippen molar-refractivity contribution in [2.75, 3.05) is 14.1 Å². The minimum Gasteiger partial charge on any atom is -0.342 e. The Balaban J connectivity index is 2.12. The molecular formula is C15H21NO2. The summed E-state index contributed by atoms with van der Waals surface area (Å²) in [6.07, 6.45) is 4.25. The molecule has 0 heterocycles. The maximum atomic E-state index is 11.4. The molecule has 0 N–H and O–H groups in total. The number of Topliss-reactive ketones (excluding diaryl/α,β-unsaturated/α-hetero) is 1. The molecule has 0 aromatic heterocycles. The van der Waals surface area contributed by atoms with E-state index in [1.807, 2.05) is 18.2 Å². The van der Waals surface area contributed by atoms with Gasteiger partial charge in [-0.05, 0) is 24.8 Å². The van der Waals surface area contributed by atoms with E-state index in [-0.39, 0.29) is 5.78 Å². The number of carbonyl (C=O) groups is 2. The maximum absolute atomic E-state index is 11.4. The van der Waals surface area contributed by atoms with Crippen LogP contribution in [0, 0.1) is 0 Å². The normalized spacial score (nSPS) is 10.1. The lowest BCUT2D eigenvalue weighted by Gasteiger charge is -2.08. The van der Waals surface area contributed by atoms with Crippen LogP contribution in [0.15, 0.2) is 30.3 Å². The zero-order valence-electron chi connectivity index (χ0n) is 11.2. The number of aryl methyl sites for hydroxylation is 1. The molecule has 0 atom stereocenters. The second kappa shape index (κ2) is 7.64. The van der Waals surface area contributed by atoms with Gasteiger partial charge in [0.05, 0.1) is 0 Å². The van der Waals surface area contributed by atoms with Gasteiger partial charge in [0.1, 0.15) is 0 Å². The fourth-order valence-electron chi connectivity index (χ4n) is 1.79. The van der Waals surface area contributed by atoms with Crippen molar-refractivity contribution in [3.8, 4) is 0 Å². The Morgan fingerprint density at radius 2 is 1.67 bits per heavy atom. The number of amides is 1. The van der Waals surface area contributed by atoms with Gasteiger partial charge in [0, 0.05) is 20.5 Å². The van der Waals surface area contributed by atoms with Crippen molar-refractivity contribution >= 4 is 11.7 Å². The second-order valence-electron chi connectivity index (χ2n) is 4.67. The Kier molecular flexibility index (Phi) is 6.12. The smallest absolute Gasteiger partial charge is 0.289 e. The average molecular weight is 247 g/mol. The van der Waals surface area contributed by atoms with Crippen LogP contribution in [0.3, 0.4) is 0 Å². The van der Waals surface area contributed by atoms with Crippen LogP contribution < -0.4 is 0 Å². The van der Waals surface area contributed by atoms with Gasteiger partial charge in [-0.1, -0.05) is 36.8 Å². The van der Waals surface area contributed by atoms with Crippen molar-refractivity contribution in [1.29, 1.82) is 0 Å². The summed E-state index contributed by atoms with van der Waals surface area (Å²) in [5, 5.41) is 0. The van der Waals surface area contributed by atoms with E-state index in [0.29, 0.717) is 6.42 Å². The van der Waals surface area contributed by atoms with E-state index < -0.39 is 5.91 Å². The summed E-state index contributed by atoms with van der Waals surface area (Å²) in [7, 11) is 3.21. The minimum atomic E-state index is -0.391. The average Bonchev–Trinajstić information content (AvgIpc) is 2.38. The van der Waals surface area contributed by atoms with Crippen LogP contribution in [-0.2, 0) is 16.0 Å². The monoisotopic (exact) mass is 247 g/mol. The van der Waals surface area contributed by atoms with Crippen LogP contribution in [0.1, 0.15) is 31.2 Å². The fourth-order valence-corrected chi connectivity index (χ4v) is 1.79. The number of hydrogen-bond donors (Lipinski definition) is 0. The third-order valence-corrected chi connectivity index (χ3v) is 2.86. The third kappa shape index (κ3) is 5.13. The molecule has 0 bridgehead atoms. The van der Waals surface area contributed by atoms with Gasteiger partial charge in [-0.2, -0.15) is 0 Å². The first-order chi connectivity index (χ1) is 8.61. The molecule has 1 rings (SSSR count). The highest BCUT2D eigenvalue weighted by Crippen LogP contribution is 2.08. The summed E-state index contributed by atoms with van der Waals surface area (Å²) >= 11 is 0. The fraction of sp³-hybridized carbons (Fsp3) is 0.467. The summed E-state index contributed by atoms with van der Waals surface area (Å²) in [4.78, 5) is 24.1. The molecule has 3 nitrogen and oxygen atoms in total. The Morgan fingerprint density at radius 1 is 1.00 bits per heavy atom. The van der Waals surface area contributed by atoms with Gasteiger partial charge in [-0.25, -0.2) is 0 Å². The molecule has 3 heteroatoms. The van der Waals surface area contributed by atoms with Crippen LogP contribution in [0.4, 0.5) is 0 Å². The molecular weight excluding hydrogens is 226 g/mol. The van der Waals surface area contributed by atoms with Gasteiger partial charge < -0.3 is 4.90 Å². The number of benzene rings is 1. The Hall–Kier alpha value is -1.64. The zero-order chi connectivity index (χ0) is 13.4. The van der Waals surface area contributed by atoms with Gasteiger partial charge >= 0.3 is 0 Å². The second-order valence-corrected chi connectivity index (χ2v) is 4.67. The molecule has 0 aliphatic rings. The van der Waals surface area contributed by atoms with E-state index >= 15 is 0 Å². The largest absolute Gasteiger partial charge is 0.342 e. The highest BCUT2D eigenvalue weighted by molar-refractivity contribution is 6.35. The summed E-state index contributed by atoms with van der Waals surface area (Å²) < 4.78 is 0. The number of rotatable bonds is 7. The van der Waals surface area contributed by atoms with Crippen LogP contribution >= 0.6 is 0 Å². The SMILES string of the molecule is CN(C)C(=O)C(=O)CCCCCc1ccccc1. The van der Waals surface area contributed by atoms with Crippen LogP contribution in [0.2, 0.25) is 0 Å². The Bertz CT molecular complexity index is 385. The van der Waals surface area contributed by atoms with Crippen LogP contribution in [0.25, 0.3) is 0 Å². The summed E-state index contributed by atoms with van der Waals surface area (Å²) in [6.45, 7) is 0. The quantitative estimate of drug-likeness (QED) is 0.548. The molecule has 0 unspecified atom stereocenters. The third-order valence-electron chi connectivity index (χ3n) is 2.86. The number of likely N-dealkylation sites (N-methyl/N-ethyl adjacent to an activating group) is 1. The van der Waals surface area contributed by atoms with Crippen molar-refractivity contribution in [3.05, 3.63) is 35.9 Å².